The van der Waals surface area contributed by atoms with Crippen LogP contribution in [0.15, 0.2) is 30.3 Å². The van der Waals surface area contributed by atoms with Crippen LogP contribution in [0.2, 0.25) is 0 Å². The van der Waals surface area contributed by atoms with Crippen molar-refractivity contribution < 1.29 is 4.79 Å². The molecule has 0 saturated carbocycles. The highest BCUT2D eigenvalue weighted by molar-refractivity contribution is 5.85. The van der Waals surface area contributed by atoms with E-state index in [0.717, 1.165) is 31.5 Å². The number of nitrogens with zero attached hydrogens (tertiary/aromatic N) is 2. The number of rotatable bonds is 5. The summed E-state index contributed by atoms with van der Waals surface area (Å²) >= 11 is 0. The molecule has 2 rings (SSSR count). The highest BCUT2D eigenvalue weighted by Crippen LogP contribution is 2.36. The summed E-state index contributed by atoms with van der Waals surface area (Å²) in [6, 6.07) is 12.6. The molecule has 1 fully saturated rings. The van der Waals surface area contributed by atoms with Crippen molar-refractivity contribution in [3.63, 3.8) is 0 Å². The second-order valence-corrected chi connectivity index (χ2v) is 7.71. The number of benzene rings is 1. The van der Waals surface area contributed by atoms with Crippen molar-refractivity contribution in [2.75, 3.05) is 19.6 Å². The molecule has 0 aliphatic carbocycles. The van der Waals surface area contributed by atoms with Crippen LogP contribution in [0.1, 0.15) is 46.1 Å². The lowest BCUT2D eigenvalue weighted by Gasteiger charge is -2.44. The van der Waals surface area contributed by atoms with Gasteiger partial charge in [-0.3, -0.25) is 9.69 Å². The summed E-state index contributed by atoms with van der Waals surface area (Å²) < 4.78 is 0. The second-order valence-electron chi connectivity index (χ2n) is 7.71. The molecule has 130 valence electrons. The Bertz CT molecular complexity index is 593. The molecule has 1 aliphatic heterocycles. The average Bonchev–Trinajstić information content (AvgIpc) is 2.60. The summed E-state index contributed by atoms with van der Waals surface area (Å²) in [5.74, 6) is 0.510. The minimum absolute atomic E-state index is 0.0698. The molecule has 0 unspecified atom stereocenters. The second kappa shape index (κ2) is 7.36. The molecular formula is C20H29N3O. The fourth-order valence-corrected chi connectivity index (χ4v) is 3.33. The van der Waals surface area contributed by atoms with Crippen molar-refractivity contribution in [1.82, 2.24) is 10.2 Å². The Kier molecular flexibility index (Phi) is 5.66. The van der Waals surface area contributed by atoms with Crippen LogP contribution in [0.3, 0.4) is 0 Å². The molecule has 4 nitrogen and oxygen atoms in total. The van der Waals surface area contributed by atoms with E-state index >= 15 is 0 Å². The average molecular weight is 327 g/mol. The molecule has 1 N–H and O–H groups in total. The van der Waals surface area contributed by atoms with Crippen molar-refractivity contribution >= 4 is 5.91 Å². The molecule has 0 bridgehead atoms. The number of amides is 1. The fraction of sp³-hybridized carbons (Fsp3) is 0.600. The lowest BCUT2D eigenvalue weighted by Crippen LogP contribution is -2.58. The molecule has 24 heavy (non-hydrogen) atoms. The zero-order valence-corrected chi connectivity index (χ0v) is 15.3. The number of hydrogen-bond donors (Lipinski definition) is 1. The monoisotopic (exact) mass is 327 g/mol. The van der Waals surface area contributed by atoms with E-state index in [2.05, 4.69) is 30.1 Å². The molecule has 1 aliphatic rings. The number of nitrogens with one attached hydrogen (secondary N) is 1. The molecule has 0 radical (unpaired) electrons. The number of carbonyl (C=O) groups excluding carboxylic acids is 1. The van der Waals surface area contributed by atoms with Gasteiger partial charge in [0.05, 0.1) is 17.0 Å². The fourth-order valence-electron chi connectivity index (χ4n) is 3.33. The predicted octanol–water partition coefficient (Wildman–Crippen LogP) is 3.09. The molecule has 0 spiro atoms. The Hall–Kier alpha value is -1.86. The Balaban J connectivity index is 2.06. The van der Waals surface area contributed by atoms with Crippen molar-refractivity contribution in [1.29, 1.82) is 5.26 Å². The van der Waals surface area contributed by atoms with E-state index in [0.29, 0.717) is 12.5 Å². The van der Waals surface area contributed by atoms with E-state index in [1.807, 2.05) is 44.2 Å². The minimum Gasteiger partial charge on any atom is -0.354 e. The first-order chi connectivity index (χ1) is 11.3. The minimum atomic E-state index is -0.548. The maximum atomic E-state index is 12.6. The summed E-state index contributed by atoms with van der Waals surface area (Å²) in [6.07, 6.45) is 1.52. The Morgan fingerprint density at radius 2 is 1.88 bits per heavy atom. The number of likely N-dealkylation sites (tertiary alicyclic amines) is 1. The zero-order chi connectivity index (χ0) is 17.8. The largest absolute Gasteiger partial charge is 0.354 e. The maximum absolute atomic E-state index is 12.6. The Labute approximate surface area is 145 Å². The van der Waals surface area contributed by atoms with E-state index in [1.54, 1.807) is 0 Å². The summed E-state index contributed by atoms with van der Waals surface area (Å²) in [5, 5.41) is 12.8. The van der Waals surface area contributed by atoms with Crippen molar-refractivity contribution in [3.05, 3.63) is 35.9 Å². The summed E-state index contributed by atoms with van der Waals surface area (Å²) in [6.45, 7) is 10.3. The topological polar surface area (TPSA) is 56.1 Å². The van der Waals surface area contributed by atoms with Gasteiger partial charge in [0.15, 0.2) is 0 Å². The van der Waals surface area contributed by atoms with Crippen LogP contribution in [-0.2, 0) is 10.2 Å². The van der Waals surface area contributed by atoms with Crippen LogP contribution < -0.4 is 5.32 Å². The molecule has 1 aromatic rings. The van der Waals surface area contributed by atoms with Crippen molar-refractivity contribution in [2.45, 2.75) is 51.5 Å². The highest BCUT2D eigenvalue weighted by atomic mass is 16.2. The van der Waals surface area contributed by atoms with Gasteiger partial charge in [-0.1, -0.05) is 44.2 Å². The number of hydrogen-bond acceptors (Lipinski definition) is 3. The lowest BCUT2D eigenvalue weighted by atomic mass is 9.73. The van der Waals surface area contributed by atoms with Gasteiger partial charge in [0.25, 0.3) is 0 Å². The molecule has 1 aromatic carbocycles. The third-order valence-electron chi connectivity index (χ3n) is 5.17. The Morgan fingerprint density at radius 1 is 1.29 bits per heavy atom. The number of piperidine rings is 1. The van der Waals surface area contributed by atoms with Crippen molar-refractivity contribution in [2.24, 2.45) is 5.92 Å². The van der Waals surface area contributed by atoms with E-state index in [4.69, 9.17) is 0 Å². The van der Waals surface area contributed by atoms with Gasteiger partial charge in [-0.2, -0.15) is 5.26 Å². The van der Waals surface area contributed by atoms with E-state index in [9.17, 15) is 10.1 Å². The normalized spacial score (nSPS) is 18.2. The number of nitriles is 1. The van der Waals surface area contributed by atoms with Crippen molar-refractivity contribution in [3.8, 4) is 6.07 Å². The van der Waals surface area contributed by atoms with Gasteiger partial charge in [-0.05, 0) is 38.2 Å². The molecule has 1 heterocycles. The van der Waals surface area contributed by atoms with E-state index < -0.39 is 11.0 Å². The SMILES string of the molecule is CC(C)CNC(=O)C(C)(C)N1CCC(C#N)(c2ccccc2)CC1. The Morgan fingerprint density at radius 3 is 2.38 bits per heavy atom. The first kappa shape index (κ1) is 18.5. The summed E-state index contributed by atoms with van der Waals surface area (Å²) in [4.78, 5) is 14.8. The van der Waals surface area contributed by atoms with Crippen LogP contribution in [0, 0.1) is 17.2 Å². The smallest absolute Gasteiger partial charge is 0.239 e. The molecule has 1 amide bonds. The van der Waals surface area contributed by atoms with E-state index in [1.165, 1.54) is 0 Å². The molecule has 0 atom stereocenters. The first-order valence-corrected chi connectivity index (χ1v) is 8.82. The summed E-state index contributed by atoms with van der Waals surface area (Å²) in [7, 11) is 0. The van der Waals surface area contributed by atoms with E-state index in [-0.39, 0.29) is 5.91 Å². The summed E-state index contributed by atoms with van der Waals surface area (Å²) in [5.41, 5.74) is 0.115. The van der Waals surface area contributed by atoms with Gasteiger partial charge >= 0.3 is 0 Å². The maximum Gasteiger partial charge on any atom is 0.239 e. The van der Waals surface area contributed by atoms with Gasteiger partial charge in [0.1, 0.15) is 0 Å². The van der Waals surface area contributed by atoms with Gasteiger partial charge in [-0.25, -0.2) is 0 Å². The molecule has 1 saturated heterocycles. The third-order valence-corrected chi connectivity index (χ3v) is 5.17. The first-order valence-electron chi connectivity index (χ1n) is 8.82. The van der Waals surface area contributed by atoms with Gasteiger partial charge in [-0.15, -0.1) is 0 Å². The molecule has 4 heteroatoms. The molecular weight excluding hydrogens is 298 g/mol. The van der Waals surface area contributed by atoms with Crippen LogP contribution >= 0.6 is 0 Å². The number of carbonyl (C=O) groups is 1. The highest BCUT2D eigenvalue weighted by Gasteiger charge is 2.42. The predicted molar refractivity (Wildman–Crippen MR) is 96.5 cm³/mol. The van der Waals surface area contributed by atoms with Gasteiger partial charge in [0.2, 0.25) is 5.91 Å². The van der Waals surface area contributed by atoms with Crippen LogP contribution in [0.4, 0.5) is 0 Å². The molecule has 0 aromatic heterocycles. The third kappa shape index (κ3) is 3.79. The zero-order valence-electron chi connectivity index (χ0n) is 15.3. The lowest BCUT2D eigenvalue weighted by molar-refractivity contribution is -0.132. The quantitative estimate of drug-likeness (QED) is 0.904. The van der Waals surface area contributed by atoms with Gasteiger partial charge in [0, 0.05) is 19.6 Å². The van der Waals surface area contributed by atoms with Crippen LogP contribution in [-0.4, -0.2) is 36.0 Å². The standard InChI is InChI=1S/C20H29N3O/c1-16(2)14-22-18(24)19(3,4)23-12-10-20(15-21,11-13-23)17-8-6-5-7-9-17/h5-9,16H,10-14H2,1-4H3,(H,22,24). The van der Waals surface area contributed by atoms with Crippen LogP contribution in [0.25, 0.3) is 0 Å². The van der Waals surface area contributed by atoms with Gasteiger partial charge < -0.3 is 5.32 Å². The van der Waals surface area contributed by atoms with Crippen LogP contribution in [0.5, 0.6) is 0 Å².